The molecular weight excluding hydrogens is 319 g/mol. The van der Waals surface area contributed by atoms with Crippen molar-refractivity contribution >= 4 is 10.9 Å². The van der Waals surface area contributed by atoms with Crippen molar-refractivity contribution in [2.45, 2.75) is 44.4 Å². The first-order chi connectivity index (χ1) is 11.4. The van der Waals surface area contributed by atoms with Gasteiger partial charge in [-0.25, -0.2) is 4.98 Å². The van der Waals surface area contributed by atoms with Gasteiger partial charge in [0.25, 0.3) is 5.56 Å². The minimum Gasteiger partial charge on any atom is -0.303 e. The van der Waals surface area contributed by atoms with E-state index >= 15 is 0 Å². The molecular formula is C17H20F3N3O. The summed E-state index contributed by atoms with van der Waals surface area (Å²) in [5, 5.41) is 0.0179. The quantitative estimate of drug-likeness (QED) is 0.861. The molecule has 1 aliphatic heterocycles. The van der Waals surface area contributed by atoms with Gasteiger partial charge in [-0.05, 0) is 45.0 Å². The number of aryl methyl sites for hydroxylation is 1. The maximum Gasteiger partial charge on any atom is 0.418 e. The highest BCUT2D eigenvalue weighted by Crippen LogP contribution is 2.32. The predicted molar refractivity (Wildman–Crippen MR) is 85.9 cm³/mol. The molecule has 0 amide bonds. The number of fused-ring (bicyclic) bond motifs is 1. The Hall–Kier alpha value is -1.89. The normalized spacial score (nSPS) is 19.8. The molecule has 1 aromatic heterocycles. The molecule has 24 heavy (non-hydrogen) atoms. The zero-order valence-electron chi connectivity index (χ0n) is 13.5. The highest BCUT2D eigenvalue weighted by atomic mass is 19.4. The molecule has 1 saturated heterocycles. The summed E-state index contributed by atoms with van der Waals surface area (Å²) in [4.78, 5) is 18.7. The fourth-order valence-electron chi connectivity index (χ4n) is 3.37. The maximum absolute atomic E-state index is 13.0. The number of alkyl halides is 3. The molecule has 1 unspecified atom stereocenters. The molecule has 0 radical (unpaired) electrons. The van der Waals surface area contributed by atoms with Crippen LogP contribution in [0.5, 0.6) is 0 Å². The van der Waals surface area contributed by atoms with Crippen LogP contribution in [-0.4, -0.2) is 34.1 Å². The summed E-state index contributed by atoms with van der Waals surface area (Å²) in [6.07, 6.45) is 0.964. The van der Waals surface area contributed by atoms with E-state index in [1.807, 2.05) is 0 Å². The lowest BCUT2D eigenvalue weighted by molar-refractivity contribution is -0.136. The summed E-state index contributed by atoms with van der Waals surface area (Å²) in [7, 11) is 2.07. The molecule has 1 fully saturated rings. The molecule has 4 nitrogen and oxygen atoms in total. The third-order valence-electron chi connectivity index (χ3n) is 4.78. The van der Waals surface area contributed by atoms with Crippen molar-refractivity contribution in [2.24, 2.45) is 0 Å². The van der Waals surface area contributed by atoms with Crippen molar-refractivity contribution in [1.82, 2.24) is 14.5 Å². The number of likely N-dealkylation sites (tertiary alicyclic amines) is 1. The number of halogens is 3. The maximum atomic E-state index is 13.0. The van der Waals surface area contributed by atoms with Crippen LogP contribution in [-0.2, 0) is 12.7 Å². The Morgan fingerprint density at radius 1 is 1.29 bits per heavy atom. The second-order valence-corrected chi connectivity index (χ2v) is 6.36. The van der Waals surface area contributed by atoms with E-state index in [2.05, 4.69) is 16.9 Å². The summed E-state index contributed by atoms with van der Waals surface area (Å²) >= 11 is 0. The minimum absolute atomic E-state index is 0.0179. The van der Waals surface area contributed by atoms with E-state index in [0.29, 0.717) is 12.6 Å². The third-order valence-corrected chi connectivity index (χ3v) is 4.78. The van der Waals surface area contributed by atoms with Crippen molar-refractivity contribution in [3.63, 3.8) is 0 Å². The molecule has 1 aliphatic rings. The topological polar surface area (TPSA) is 38.1 Å². The van der Waals surface area contributed by atoms with Crippen LogP contribution in [0.2, 0.25) is 0 Å². The third kappa shape index (κ3) is 3.31. The van der Waals surface area contributed by atoms with Gasteiger partial charge in [0.05, 0.1) is 22.8 Å². The Labute approximate surface area is 137 Å². The van der Waals surface area contributed by atoms with Gasteiger partial charge < -0.3 is 4.90 Å². The largest absolute Gasteiger partial charge is 0.418 e. The number of hydrogen-bond donors (Lipinski definition) is 0. The number of para-hydroxylation sites is 1. The van der Waals surface area contributed by atoms with Gasteiger partial charge >= 0.3 is 6.18 Å². The van der Waals surface area contributed by atoms with Gasteiger partial charge in [-0.1, -0.05) is 12.5 Å². The highest BCUT2D eigenvalue weighted by Gasteiger charge is 2.33. The van der Waals surface area contributed by atoms with Crippen molar-refractivity contribution in [3.05, 3.63) is 40.4 Å². The molecule has 0 aliphatic carbocycles. The molecule has 0 bridgehead atoms. The lowest BCUT2D eigenvalue weighted by atomic mass is 10.0. The first kappa shape index (κ1) is 17.0. The van der Waals surface area contributed by atoms with E-state index in [1.54, 1.807) is 0 Å². The van der Waals surface area contributed by atoms with E-state index in [-0.39, 0.29) is 10.9 Å². The van der Waals surface area contributed by atoms with E-state index in [1.165, 1.54) is 35.9 Å². The molecule has 0 saturated carbocycles. The zero-order chi connectivity index (χ0) is 17.3. The van der Waals surface area contributed by atoms with Crippen molar-refractivity contribution in [3.8, 4) is 0 Å². The smallest absolute Gasteiger partial charge is 0.303 e. The summed E-state index contributed by atoms with van der Waals surface area (Å²) < 4.78 is 40.5. The lowest BCUT2D eigenvalue weighted by Crippen LogP contribution is -2.37. The van der Waals surface area contributed by atoms with Crippen LogP contribution in [0.3, 0.4) is 0 Å². The molecule has 0 spiro atoms. The fourth-order valence-corrected chi connectivity index (χ4v) is 3.37. The molecule has 0 N–H and O–H groups in total. The van der Waals surface area contributed by atoms with Crippen molar-refractivity contribution in [1.29, 1.82) is 0 Å². The Kier molecular flexibility index (Phi) is 4.62. The number of piperidine rings is 1. The van der Waals surface area contributed by atoms with E-state index < -0.39 is 17.3 Å². The Bertz CT molecular complexity index is 785. The van der Waals surface area contributed by atoms with Crippen LogP contribution in [0, 0.1) is 0 Å². The average Bonchev–Trinajstić information content (AvgIpc) is 2.54. The lowest BCUT2D eigenvalue weighted by Gasteiger charge is -2.32. The first-order valence-corrected chi connectivity index (χ1v) is 8.13. The number of nitrogens with zero attached hydrogens (tertiary/aromatic N) is 3. The molecule has 7 heteroatoms. The highest BCUT2D eigenvalue weighted by molar-refractivity contribution is 5.81. The Morgan fingerprint density at radius 2 is 2.08 bits per heavy atom. The van der Waals surface area contributed by atoms with Crippen LogP contribution in [0.4, 0.5) is 13.2 Å². The number of aromatic nitrogens is 2. The Morgan fingerprint density at radius 3 is 2.79 bits per heavy atom. The van der Waals surface area contributed by atoms with Crippen LogP contribution >= 0.6 is 0 Å². The van der Waals surface area contributed by atoms with Gasteiger partial charge in [0, 0.05) is 12.6 Å². The molecule has 130 valence electrons. The van der Waals surface area contributed by atoms with Crippen LogP contribution in [0.25, 0.3) is 10.9 Å². The van der Waals surface area contributed by atoms with Gasteiger partial charge in [0.1, 0.15) is 0 Å². The summed E-state index contributed by atoms with van der Waals surface area (Å²) in [6, 6.07) is 4.02. The van der Waals surface area contributed by atoms with E-state index in [0.717, 1.165) is 25.5 Å². The summed E-state index contributed by atoms with van der Waals surface area (Å²) in [5.74, 6) is 0. The summed E-state index contributed by atoms with van der Waals surface area (Å²) in [5.41, 5.74) is -1.55. The van der Waals surface area contributed by atoms with Crippen molar-refractivity contribution < 1.29 is 13.2 Å². The van der Waals surface area contributed by atoms with Gasteiger partial charge in [-0.15, -0.1) is 0 Å². The molecule has 1 aromatic carbocycles. The SMILES string of the molecule is CN1CCCCC1CCn1cnc2c(C(F)(F)F)cccc2c1=O. The van der Waals surface area contributed by atoms with Crippen molar-refractivity contribution in [2.75, 3.05) is 13.6 Å². The number of rotatable bonds is 3. The second-order valence-electron chi connectivity index (χ2n) is 6.36. The zero-order valence-corrected chi connectivity index (χ0v) is 13.5. The monoisotopic (exact) mass is 339 g/mol. The van der Waals surface area contributed by atoms with E-state index in [4.69, 9.17) is 0 Å². The number of hydrogen-bond acceptors (Lipinski definition) is 3. The second kappa shape index (κ2) is 6.55. The van der Waals surface area contributed by atoms with E-state index in [9.17, 15) is 18.0 Å². The fraction of sp³-hybridized carbons (Fsp3) is 0.529. The Balaban J connectivity index is 1.88. The van der Waals surface area contributed by atoms with Gasteiger partial charge in [0.15, 0.2) is 0 Å². The number of benzene rings is 1. The predicted octanol–water partition coefficient (Wildman–Crippen LogP) is 3.29. The molecule has 1 atom stereocenters. The van der Waals surface area contributed by atoms with Gasteiger partial charge in [-0.2, -0.15) is 13.2 Å². The van der Waals surface area contributed by atoms with Crippen LogP contribution in [0.15, 0.2) is 29.3 Å². The standard InChI is InChI=1S/C17H20F3N3O/c1-22-9-3-2-5-12(22)8-10-23-11-21-15-13(16(23)24)6-4-7-14(15)17(18,19)20/h4,6-7,11-12H,2-3,5,8-10H2,1H3. The van der Waals surface area contributed by atoms with Crippen LogP contribution < -0.4 is 5.56 Å². The average molecular weight is 339 g/mol. The molecule has 2 heterocycles. The first-order valence-electron chi connectivity index (χ1n) is 8.13. The van der Waals surface area contributed by atoms with Crippen LogP contribution in [0.1, 0.15) is 31.2 Å². The molecule has 3 rings (SSSR count). The van der Waals surface area contributed by atoms with Gasteiger partial charge in [-0.3, -0.25) is 9.36 Å². The minimum atomic E-state index is -4.52. The summed E-state index contributed by atoms with van der Waals surface area (Å²) in [6.45, 7) is 1.51. The molecule has 2 aromatic rings. The van der Waals surface area contributed by atoms with Gasteiger partial charge in [0.2, 0.25) is 0 Å².